The van der Waals surface area contributed by atoms with E-state index >= 15 is 4.39 Å². The molecule has 3 saturated heterocycles. The van der Waals surface area contributed by atoms with Crippen LogP contribution in [-0.2, 0) is 10.0 Å². The van der Waals surface area contributed by atoms with Crippen molar-refractivity contribution in [1.29, 1.82) is 0 Å². The minimum absolute atomic E-state index is 0.0783. The summed E-state index contributed by atoms with van der Waals surface area (Å²) in [5.74, 6) is 0.915. The zero-order chi connectivity index (χ0) is 34.0. The first-order valence-corrected chi connectivity index (χ1v) is 17.4. The van der Waals surface area contributed by atoms with Crippen LogP contribution in [0.1, 0.15) is 37.7 Å². The maximum atomic E-state index is 16.8. The summed E-state index contributed by atoms with van der Waals surface area (Å²) in [4.78, 5) is 17.5. The van der Waals surface area contributed by atoms with Crippen LogP contribution in [0, 0.1) is 24.0 Å². The van der Waals surface area contributed by atoms with Gasteiger partial charge in [-0.05, 0) is 55.8 Å². The Balaban J connectivity index is 1.34. The molecule has 0 amide bonds. The molecule has 252 valence electrons. The molecule has 3 fully saturated rings. The highest BCUT2D eigenvalue weighted by atomic mass is 32.2. The standard InChI is InChI=1S/C34H35F3N6O4S/c1-4-24-27(36)7-6-20-14-22(44)15-25(28(20)24)30-29(37)31-26(17-38-30)32(42-12-8-23(9-13-42)48(45,46)41(2)3)40-33(39-31)47-19-34-10-5-11-43(34)18-21(35)16-34/h1,6-7,14-15,17,21,23,44H,5,8-13,16,18-19H2,2-3H3. The number of phenolic OH excluding ortho intramolecular Hbond substituents is 1. The van der Waals surface area contributed by atoms with E-state index in [1.54, 1.807) is 0 Å². The molecule has 3 aliphatic rings. The van der Waals surface area contributed by atoms with Crippen molar-refractivity contribution in [2.24, 2.45) is 0 Å². The van der Waals surface area contributed by atoms with E-state index in [9.17, 15) is 22.3 Å². The van der Waals surface area contributed by atoms with Crippen molar-refractivity contribution in [3.05, 3.63) is 47.7 Å². The van der Waals surface area contributed by atoms with Gasteiger partial charge in [0.25, 0.3) is 0 Å². The number of aromatic nitrogens is 3. The second-order valence-corrected chi connectivity index (χ2v) is 15.5. The molecule has 7 rings (SSSR count). The smallest absolute Gasteiger partial charge is 0.319 e. The monoisotopic (exact) mass is 680 g/mol. The lowest BCUT2D eigenvalue weighted by Gasteiger charge is -2.34. The fourth-order valence-corrected chi connectivity index (χ4v) is 8.98. The number of ether oxygens (including phenoxy) is 1. The number of nitrogens with zero attached hydrogens (tertiary/aromatic N) is 6. The number of pyridine rings is 1. The first kappa shape index (κ1) is 32.4. The summed E-state index contributed by atoms with van der Waals surface area (Å²) in [6, 6.07) is 5.19. The molecule has 0 bridgehead atoms. The summed E-state index contributed by atoms with van der Waals surface area (Å²) in [5, 5.41) is 10.8. The highest BCUT2D eigenvalue weighted by Gasteiger charge is 2.49. The number of piperidine rings is 1. The van der Waals surface area contributed by atoms with Gasteiger partial charge in [-0.2, -0.15) is 9.97 Å². The van der Waals surface area contributed by atoms with Crippen LogP contribution in [0.15, 0.2) is 30.5 Å². The van der Waals surface area contributed by atoms with E-state index in [1.807, 2.05) is 4.90 Å². The molecule has 3 aliphatic heterocycles. The Kier molecular flexibility index (Phi) is 8.12. The van der Waals surface area contributed by atoms with Crippen LogP contribution in [0.3, 0.4) is 0 Å². The van der Waals surface area contributed by atoms with Gasteiger partial charge in [-0.3, -0.25) is 9.88 Å². The molecule has 0 spiro atoms. The minimum atomic E-state index is -3.48. The molecule has 48 heavy (non-hydrogen) atoms. The van der Waals surface area contributed by atoms with E-state index in [-0.39, 0.29) is 51.5 Å². The maximum absolute atomic E-state index is 16.8. The van der Waals surface area contributed by atoms with Crippen molar-refractivity contribution in [2.45, 2.75) is 49.1 Å². The molecule has 10 nitrogen and oxygen atoms in total. The van der Waals surface area contributed by atoms with E-state index in [0.717, 1.165) is 19.4 Å². The molecule has 4 aromatic rings. The first-order valence-electron chi connectivity index (χ1n) is 15.9. The highest BCUT2D eigenvalue weighted by molar-refractivity contribution is 7.89. The van der Waals surface area contributed by atoms with Crippen LogP contribution in [0.5, 0.6) is 11.8 Å². The largest absolute Gasteiger partial charge is 0.508 e. The molecule has 2 aromatic carbocycles. The molecule has 0 saturated carbocycles. The predicted octanol–water partition coefficient (Wildman–Crippen LogP) is 4.63. The molecular weight excluding hydrogens is 645 g/mol. The SMILES string of the molecule is C#Cc1c(F)ccc2cc(O)cc(-c3ncc4c(N5CCC(S(=O)(=O)N(C)C)CC5)nc(OCC56CCCN5CC(F)C6)nc4c3F)c12. The van der Waals surface area contributed by atoms with Gasteiger partial charge in [0.2, 0.25) is 10.0 Å². The summed E-state index contributed by atoms with van der Waals surface area (Å²) in [5.41, 5.74) is -0.874. The number of fused-ring (bicyclic) bond motifs is 3. The van der Waals surface area contributed by atoms with Crippen molar-refractivity contribution in [3.8, 4) is 35.4 Å². The zero-order valence-electron chi connectivity index (χ0n) is 26.6. The van der Waals surface area contributed by atoms with Gasteiger partial charge in [-0.25, -0.2) is 25.9 Å². The molecule has 2 aromatic heterocycles. The van der Waals surface area contributed by atoms with Gasteiger partial charge < -0.3 is 14.7 Å². The van der Waals surface area contributed by atoms with Gasteiger partial charge in [0.1, 0.15) is 41.4 Å². The molecule has 2 atom stereocenters. The first-order chi connectivity index (χ1) is 22.9. The van der Waals surface area contributed by atoms with E-state index in [2.05, 4.69) is 25.8 Å². The van der Waals surface area contributed by atoms with E-state index in [0.29, 0.717) is 50.1 Å². The molecule has 0 aliphatic carbocycles. The molecule has 1 N–H and O–H groups in total. The van der Waals surface area contributed by atoms with Gasteiger partial charge >= 0.3 is 6.01 Å². The quantitative estimate of drug-likeness (QED) is 0.280. The number of halogens is 3. The van der Waals surface area contributed by atoms with Crippen molar-refractivity contribution >= 4 is 37.5 Å². The maximum Gasteiger partial charge on any atom is 0.319 e. The molecular formula is C34H35F3N6O4S. The molecule has 5 heterocycles. The highest BCUT2D eigenvalue weighted by Crippen LogP contribution is 2.42. The van der Waals surface area contributed by atoms with Crippen molar-refractivity contribution in [1.82, 2.24) is 24.2 Å². The van der Waals surface area contributed by atoms with Gasteiger partial charge in [0.15, 0.2) is 5.82 Å². The molecule has 2 unspecified atom stereocenters. The summed E-state index contributed by atoms with van der Waals surface area (Å²) < 4.78 is 79.2. The fourth-order valence-electron chi connectivity index (χ4n) is 7.58. The number of hydrogen-bond donors (Lipinski definition) is 1. The average Bonchev–Trinajstić information content (AvgIpc) is 3.59. The van der Waals surface area contributed by atoms with Crippen LogP contribution in [0.2, 0.25) is 0 Å². The second-order valence-electron chi connectivity index (χ2n) is 13.0. The Bertz CT molecular complexity index is 2080. The molecule has 0 radical (unpaired) electrons. The third kappa shape index (κ3) is 5.38. The Labute approximate surface area is 276 Å². The summed E-state index contributed by atoms with van der Waals surface area (Å²) in [6.45, 7) is 1.84. The second kappa shape index (κ2) is 12.0. The van der Waals surface area contributed by atoms with Crippen LogP contribution in [-0.4, -0.2) is 102 Å². The fraction of sp³-hybridized carbons (Fsp3) is 0.441. The van der Waals surface area contributed by atoms with Crippen LogP contribution >= 0.6 is 0 Å². The van der Waals surface area contributed by atoms with E-state index < -0.39 is 38.6 Å². The number of alkyl halides is 1. The lowest BCUT2D eigenvalue weighted by molar-refractivity contribution is 0.107. The Morgan fingerprint density at radius 3 is 2.67 bits per heavy atom. The summed E-state index contributed by atoms with van der Waals surface area (Å²) in [6.07, 6.45) is 8.72. The third-order valence-electron chi connectivity index (χ3n) is 10.00. The summed E-state index contributed by atoms with van der Waals surface area (Å²) >= 11 is 0. The van der Waals surface area contributed by atoms with Gasteiger partial charge in [-0.1, -0.05) is 12.0 Å². The number of aromatic hydroxyl groups is 1. The van der Waals surface area contributed by atoms with Crippen molar-refractivity contribution in [3.63, 3.8) is 0 Å². The van der Waals surface area contributed by atoms with Crippen molar-refractivity contribution in [2.75, 3.05) is 51.8 Å². The van der Waals surface area contributed by atoms with E-state index in [1.165, 1.54) is 48.9 Å². The normalized spacial score (nSPS) is 22.1. The minimum Gasteiger partial charge on any atom is -0.508 e. The molecule has 14 heteroatoms. The van der Waals surface area contributed by atoms with Crippen LogP contribution < -0.4 is 9.64 Å². The Morgan fingerprint density at radius 1 is 1.17 bits per heavy atom. The lowest BCUT2D eigenvalue weighted by atomic mass is 9.95. The zero-order valence-corrected chi connectivity index (χ0v) is 27.4. The van der Waals surface area contributed by atoms with Gasteiger partial charge in [-0.15, -0.1) is 6.42 Å². The number of anilines is 1. The number of rotatable bonds is 7. The van der Waals surface area contributed by atoms with Gasteiger partial charge in [0, 0.05) is 57.3 Å². The Hall–Kier alpha value is -4.19. The summed E-state index contributed by atoms with van der Waals surface area (Å²) in [7, 11) is -0.468. The average molecular weight is 681 g/mol. The number of phenols is 1. The van der Waals surface area contributed by atoms with Crippen LogP contribution in [0.4, 0.5) is 19.0 Å². The number of hydrogen-bond acceptors (Lipinski definition) is 9. The van der Waals surface area contributed by atoms with Crippen LogP contribution in [0.25, 0.3) is 32.9 Å². The van der Waals surface area contributed by atoms with E-state index in [4.69, 9.17) is 11.2 Å². The van der Waals surface area contributed by atoms with Gasteiger partial charge in [0.05, 0.1) is 21.7 Å². The number of terminal acetylenes is 1. The number of sulfonamides is 1. The predicted molar refractivity (Wildman–Crippen MR) is 176 cm³/mol. The number of benzene rings is 2. The third-order valence-corrected chi connectivity index (χ3v) is 12.3. The Morgan fingerprint density at radius 2 is 1.94 bits per heavy atom. The van der Waals surface area contributed by atoms with Crippen molar-refractivity contribution < 1.29 is 31.4 Å². The topological polar surface area (TPSA) is 112 Å². The lowest BCUT2D eigenvalue weighted by Crippen LogP contribution is -2.44.